The van der Waals surface area contributed by atoms with Gasteiger partial charge in [-0.2, -0.15) is 11.3 Å². The molecule has 3 heterocycles. The molecule has 0 N–H and O–H groups in total. The molecule has 235 valence electrons. The predicted octanol–water partition coefficient (Wildman–Crippen LogP) is 11.0. The minimum absolute atomic E-state index is 0. The molecule has 0 aliphatic carbocycles. The Morgan fingerprint density at radius 1 is 0.723 bits per heavy atom. The summed E-state index contributed by atoms with van der Waals surface area (Å²) in [5.74, 6) is -0.636. The van der Waals surface area contributed by atoms with E-state index in [1.165, 1.54) is 44.4 Å². The van der Waals surface area contributed by atoms with Gasteiger partial charge >= 0.3 is 0 Å². The van der Waals surface area contributed by atoms with E-state index in [0.717, 1.165) is 38.5 Å². The van der Waals surface area contributed by atoms with E-state index < -0.39 is 20.3 Å². The molecule has 6 heteroatoms. The van der Waals surface area contributed by atoms with Crippen LogP contribution in [0, 0.1) is 17.9 Å². The van der Waals surface area contributed by atoms with Crippen molar-refractivity contribution in [2.75, 3.05) is 0 Å². The van der Waals surface area contributed by atoms with Crippen molar-refractivity contribution in [3.63, 3.8) is 0 Å². The van der Waals surface area contributed by atoms with E-state index in [2.05, 4.69) is 102 Å². The second-order valence-corrected chi connectivity index (χ2v) is 18.4. The van der Waals surface area contributed by atoms with Gasteiger partial charge in [-0.05, 0) is 60.1 Å². The van der Waals surface area contributed by atoms with E-state index in [0.29, 0.717) is 5.69 Å². The largest absolute Gasteiger partial charge is 0.305 e. The van der Waals surface area contributed by atoms with Gasteiger partial charge < -0.3 is 9.97 Å². The Labute approximate surface area is 296 Å². The molecule has 0 amide bonds. The number of hydrogen-bond donors (Lipinski definition) is 0. The molecular formula is C41H33FIrN2SSi-2. The van der Waals surface area contributed by atoms with Crippen LogP contribution in [0.5, 0.6) is 0 Å². The molecule has 0 saturated carbocycles. The van der Waals surface area contributed by atoms with Crippen LogP contribution in [-0.4, -0.2) is 18.0 Å². The average molecular weight is 827 g/mol. The van der Waals surface area contributed by atoms with Crippen LogP contribution in [0.2, 0.25) is 19.6 Å². The standard InChI is InChI=1S/C27H17FNS.C14H16NSi.Ir/c1-2-16-14-25(29-15-24(16)28)23-9-5-8-20-22-13-12-19-18-7-4-3-6-17(18)10-11-21(19)26(22)30-27(20)23;1-16(2,3)13-9-10-14(15-11-13)12-7-5-4-6-8-12;/h3-8,10-15H,2H2,1H3;4-7,9-11H,1-3H3;/q2*-1;/i2D2;;. The number of benzene rings is 5. The Hall–Kier alpha value is -4.06. The first kappa shape index (κ1) is 30.3. The Morgan fingerprint density at radius 3 is 2.19 bits per heavy atom. The molecular weight excluding hydrogens is 792 g/mol. The van der Waals surface area contributed by atoms with E-state index >= 15 is 0 Å². The minimum atomic E-state index is -1.80. The summed E-state index contributed by atoms with van der Waals surface area (Å²) in [7, 11) is -1.23. The number of fused-ring (bicyclic) bond motifs is 7. The normalized spacial score (nSPS) is 12.4. The summed E-state index contributed by atoms with van der Waals surface area (Å²) < 4.78 is 32.4. The van der Waals surface area contributed by atoms with Crippen LogP contribution in [0.15, 0.2) is 116 Å². The smallest absolute Gasteiger partial charge is 0.142 e. The molecule has 8 rings (SSSR count). The van der Waals surface area contributed by atoms with Crippen molar-refractivity contribution < 1.29 is 27.2 Å². The second-order valence-electron chi connectivity index (χ2n) is 12.3. The van der Waals surface area contributed by atoms with Crippen LogP contribution < -0.4 is 5.19 Å². The van der Waals surface area contributed by atoms with E-state index in [1.54, 1.807) is 11.3 Å². The van der Waals surface area contributed by atoms with Gasteiger partial charge in [-0.25, -0.2) is 4.39 Å². The van der Waals surface area contributed by atoms with Crippen LogP contribution in [0.1, 0.15) is 15.2 Å². The van der Waals surface area contributed by atoms with Gasteiger partial charge in [-0.1, -0.05) is 98.7 Å². The van der Waals surface area contributed by atoms with Gasteiger partial charge in [0.1, 0.15) is 5.82 Å². The maximum absolute atomic E-state index is 14.3. The van der Waals surface area contributed by atoms with Crippen molar-refractivity contribution in [3.8, 4) is 22.5 Å². The molecule has 0 bridgehead atoms. The third-order valence-electron chi connectivity index (χ3n) is 8.32. The number of nitrogens with zero attached hydrogens (tertiary/aromatic N) is 2. The monoisotopic (exact) mass is 827 g/mol. The SMILES string of the molecule is C[Si](C)(C)c1ccc(-c2[c-]cccc2)nc1.[2H]C([2H])(C)c1cc(-c2[c-]ccc3c2sc2c3ccc3c4ccccc4ccc32)ncc1F.[Ir]. The average Bonchev–Trinajstić information content (AvgIpc) is 3.48. The molecule has 1 radical (unpaired) electrons. The Balaban J connectivity index is 0.000000208. The Bertz CT molecular complexity index is 2440. The van der Waals surface area contributed by atoms with Crippen LogP contribution in [0.3, 0.4) is 0 Å². The van der Waals surface area contributed by atoms with Crippen LogP contribution >= 0.6 is 11.3 Å². The fourth-order valence-electron chi connectivity index (χ4n) is 5.79. The number of aryl methyl sites for hydroxylation is 1. The number of pyridine rings is 2. The first-order chi connectivity index (χ1) is 23.0. The van der Waals surface area contributed by atoms with Gasteiger partial charge in [0.15, 0.2) is 0 Å². The van der Waals surface area contributed by atoms with Gasteiger partial charge in [-0.15, -0.1) is 59.7 Å². The molecule has 0 aliphatic heterocycles. The summed E-state index contributed by atoms with van der Waals surface area (Å²) in [6, 6.07) is 41.2. The van der Waals surface area contributed by atoms with Crippen molar-refractivity contribution in [1.29, 1.82) is 0 Å². The summed E-state index contributed by atoms with van der Waals surface area (Å²) in [5, 5.41) is 8.52. The predicted molar refractivity (Wildman–Crippen MR) is 197 cm³/mol. The topological polar surface area (TPSA) is 25.8 Å². The zero-order chi connectivity index (χ0) is 33.6. The zero-order valence-electron chi connectivity index (χ0n) is 28.5. The van der Waals surface area contributed by atoms with Crippen molar-refractivity contribution >= 4 is 66.3 Å². The number of aromatic nitrogens is 2. The zero-order valence-corrected chi connectivity index (χ0v) is 30.7. The third kappa shape index (κ3) is 6.44. The molecule has 0 spiro atoms. The van der Waals surface area contributed by atoms with Crippen molar-refractivity contribution in [2.45, 2.75) is 32.9 Å². The van der Waals surface area contributed by atoms with E-state index in [1.807, 2.05) is 42.6 Å². The molecule has 0 unspecified atom stereocenters. The van der Waals surface area contributed by atoms with E-state index in [9.17, 15) is 4.39 Å². The Kier molecular flexibility index (Phi) is 8.75. The van der Waals surface area contributed by atoms with Crippen LogP contribution in [0.4, 0.5) is 4.39 Å². The first-order valence-electron chi connectivity index (χ1n) is 16.3. The summed E-state index contributed by atoms with van der Waals surface area (Å²) in [4.78, 5) is 8.80. The minimum Gasteiger partial charge on any atom is -0.305 e. The summed E-state index contributed by atoms with van der Waals surface area (Å²) in [6.45, 7) is 8.35. The second kappa shape index (κ2) is 13.6. The molecule has 0 saturated heterocycles. The maximum Gasteiger partial charge on any atom is 0.142 e. The molecule has 0 aliphatic rings. The van der Waals surface area contributed by atoms with Gasteiger partial charge in [0.2, 0.25) is 0 Å². The molecule has 0 atom stereocenters. The molecule has 2 nitrogen and oxygen atoms in total. The van der Waals surface area contributed by atoms with E-state index in [-0.39, 0.29) is 25.7 Å². The van der Waals surface area contributed by atoms with Gasteiger partial charge in [-0.3, -0.25) is 0 Å². The molecule has 8 aromatic rings. The van der Waals surface area contributed by atoms with Gasteiger partial charge in [0, 0.05) is 33.7 Å². The fourth-order valence-corrected chi connectivity index (χ4v) is 8.16. The van der Waals surface area contributed by atoms with Gasteiger partial charge in [0.05, 0.1) is 14.3 Å². The van der Waals surface area contributed by atoms with Crippen molar-refractivity contribution in [1.82, 2.24) is 9.97 Å². The summed E-state index contributed by atoms with van der Waals surface area (Å²) >= 11 is 1.68. The van der Waals surface area contributed by atoms with Crippen LogP contribution in [0.25, 0.3) is 64.2 Å². The number of halogens is 1. The van der Waals surface area contributed by atoms with Crippen LogP contribution in [-0.2, 0) is 26.5 Å². The van der Waals surface area contributed by atoms with Gasteiger partial charge in [0.25, 0.3) is 0 Å². The van der Waals surface area contributed by atoms with Crippen molar-refractivity contribution in [3.05, 3.63) is 139 Å². The summed E-state index contributed by atoms with van der Waals surface area (Å²) in [5.41, 5.74) is 3.36. The molecule has 47 heavy (non-hydrogen) atoms. The number of rotatable bonds is 4. The number of hydrogen-bond acceptors (Lipinski definition) is 3. The summed E-state index contributed by atoms with van der Waals surface area (Å²) in [6.07, 6.45) is 1.32. The maximum atomic E-state index is 14.3. The Morgan fingerprint density at radius 2 is 1.45 bits per heavy atom. The number of thiophene rings is 1. The van der Waals surface area contributed by atoms with E-state index in [4.69, 9.17) is 2.74 Å². The first-order valence-corrected chi connectivity index (χ1v) is 19.6. The quantitative estimate of drug-likeness (QED) is 0.100. The molecule has 3 aromatic heterocycles. The molecule has 5 aromatic carbocycles. The van der Waals surface area contributed by atoms with Crippen molar-refractivity contribution in [2.24, 2.45) is 0 Å². The molecule has 0 fully saturated rings. The fraction of sp³-hybridized carbons (Fsp3) is 0.122. The third-order valence-corrected chi connectivity index (χ3v) is 11.6.